The number of urea groups is 1. The van der Waals surface area contributed by atoms with Gasteiger partial charge < -0.3 is 19.7 Å². The predicted octanol–water partition coefficient (Wildman–Crippen LogP) is 2.72. The molecule has 5 heteroatoms. The molecule has 3 rings (SSSR count). The summed E-state index contributed by atoms with van der Waals surface area (Å²) in [5, 5.41) is 3.16. The summed E-state index contributed by atoms with van der Waals surface area (Å²) >= 11 is 0. The van der Waals surface area contributed by atoms with Gasteiger partial charge in [0.1, 0.15) is 5.75 Å². The van der Waals surface area contributed by atoms with Crippen LogP contribution in [0.2, 0.25) is 0 Å². The summed E-state index contributed by atoms with van der Waals surface area (Å²) in [6.07, 6.45) is 3.87. The lowest BCUT2D eigenvalue weighted by Gasteiger charge is -2.29. The zero-order valence-corrected chi connectivity index (χ0v) is 13.1. The summed E-state index contributed by atoms with van der Waals surface area (Å²) in [6.45, 7) is 2.30. The van der Waals surface area contributed by atoms with Gasteiger partial charge in [-0.2, -0.15) is 0 Å². The van der Waals surface area contributed by atoms with E-state index in [1.807, 2.05) is 23.1 Å². The van der Waals surface area contributed by atoms with Crippen LogP contribution in [0.25, 0.3) is 0 Å². The van der Waals surface area contributed by atoms with Crippen molar-refractivity contribution in [2.24, 2.45) is 0 Å². The van der Waals surface area contributed by atoms with Gasteiger partial charge >= 0.3 is 6.03 Å². The maximum Gasteiger partial charge on any atom is 0.318 e. The summed E-state index contributed by atoms with van der Waals surface area (Å²) in [6, 6.07) is 8.48. The molecule has 1 aromatic carbocycles. The van der Waals surface area contributed by atoms with E-state index in [2.05, 4.69) is 11.4 Å². The maximum absolute atomic E-state index is 12.6. The Balaban J connectivity index is 1.67. The third-order valence-electron chi connectivity index (χ3n) is 4.54. The van der Waals surface area contributed by atoms with Crippen LogP contribution in [0, 0.1) is 0 Å². The molecule has 1 aromatic rings. The third-order valence-corrected chi connectivity index (χ3v) is 4.54. The number of nitrogens with one attached hydrogen (secondary N) is 1. The van der Waals surface area contributed by atoms with Crippen LogP contribution in [0.3, 0.4) is 0 Å². The van der Waals surface area contributed by atoms with E-state index < -0.39 is 0 Å². The number of hydrogen-bond donors (Lipinski definition) is 1. The Morgan fingerprint density at radius 2 is 2.14 bits per heavy atom. The molecule has 0 spiro atoms. The lowest BCUT2D eigenvalue weighted by molar-refractivity contribution is 0.0778. The number of likely N-dealkylation sites (tertiary alicyclic amines) is 1. The molecule has 0 radical (unpaired) electrons. The van der Waals surface area contributed by atoms with Crippen LogP contribution in [-0.4, -0.2) is 43.8 Å². The second-order valence-corrected chi connectivity index (χ2v) is 5.96. The average Bonchev–Trinajstić information content (AvgIpc) is 3.05. The van der Waals surface area contributed by atoms with E-state index in [0.29, 0.717) is 0 Å². The highest BCUT2D eigenvalue weighted by atomic mass is 16.5. The zero-order valence-electron chi connectivity index (χ0n) is 13.1. The van der Waals surface area contributed by atoms with Crippen LogP contribution in [0.1, 0.15) is 37.3 Å². The quantitative estimate of drug-likeness (QED) is 0.934. The van der Waals surface area contributed by atoms with E-state index in [0.717, 1.165) is 56.8 Å². The van der Waals surface area contributed by atoms with Crippen molar-refractivity contribution in [2.45, 2.75) is 37.8 Å². The van der Waals surface area contributed by atoms with Crippen LogP contribution >= 0.6 is 0 Å². The van der Waals surface area contributed by atoms with Crippen molar-refractivity contribution in [3.63, 3.8) is 0 Å². The van der Waals surface area contributed by atoms with Gasteiger partial charge in [0.25, 0.3) is 0 Å². The van der Waals surface area contributed by atoms with E-state index in [1.165, 1.54) is 0 Å². The maximum atomic E-state index is 12.6. The minimum absolute atomic E-state index is 0.0530. The Bertz CT molecular complexity index is 514. The molecule has 0 bridgehead atoms. The molecule has 2 aliphatic rings. The van der Waals surface area contributed by atoms with Crippen LogP contribution in [0.4, 0.5) is 4.79 Å². The van der Waals surface area contributed by atoms with Gasteiger partial charge in [0, 0.05) is 25.8 Å². The van der Waals surface area contributed by atoms with E-state index in [4.69, 9.17) is 9.47 Å². The van der Waals surface area contributed by atoms with Crippen LogP contribution in [-0.2, 0) is 4.74 Å². The molecular weight excluding hydrogens is 280 g/mol. The first kappa shape index (κ1) is 15.2. The molecule has 0 saturated carbocycles. The highest BCUT2D eigenvalue weighted by Crippen LogP contribution is 2.33. The van der Waals surface area contributed by atoms with E-state index in [1.54, 1.807) is 7.11 Å². The molecule has 0 aromatic heterocycles. The second kappa shape index (κ2) is 7.01. The highest BCUT2D eigenvalue weighted by molar-refractivity contribution is 5.75. The topological polar surface area (TPSA) is 50.8 Å². The summed E-state index contributed by atoms with van der Waals surface area (Å²) < 4.78 is 10.6. The molecule has 2 aliphatic heterocycles. The standard InChI is InChI=1S/C17H24N2O3/c1-21-15-5-2-4-13(12-15)16-6-3-9-19(16)17(20)18-14-7-10-22-11-8-14/h2,4-5,12,14,16H,3,6-11H2,1H3,(H,18,20). The number of nitrogens with zero attached hydrogens (tertiary/aromatic N) is 1. The van der Waals surface area contributed by atoms with Crippen LogP contribution in [0.5, 0.6) is 5.75 Å². The number of amides is 2. The Morgan fingerprint density at radius 3 is 2.91 bits per heavy atom. The third kappa shape index (κ3) is 3.35. The molecule has 120 valence electrons. The number of carbonyl (C=O) groups is 1. The molecule has 2 fully saturated rings. The van der Waals surface area contributed by atoms with Gasteiger partial charge in [-0.1, -0.05) is 12.1 Å². The molecule has 2 heterocycles. The number of rotatable bonds is 3. The smallest absolute Gasteiger partial charge is 0.318 e. The number of hydrogen-bond acceptors (Lipinski definition) is 3. The SMILES string of the molecule is COc1cccc(C2CCCN2C(=O)NC2CCOCC2)c1. The van der Waals surface area contributed by atoms with Crippen LogP contribution < -0.4 is 10.1 Å². The molecule has 2 amide bonds. The number of benzene rings is 1. The molecule has 2 saturated heterocycles. The fraction of sp³-hybridized carbons (Fsp3) is 0.588. The van der Waals surface area contributed by atoms with Crippen molar-refractivity contribution in [3.05, 3.63) is 29.8 Å². The Morgan fingerprint density at radius 1 is 1.32 bits per heavy atom. The number of ether oxygens (including phenoxy) is 2. The van der Waals surface area contributed by atoms with E-state index >= 15 is 0 Å². The van der Waals surface area contributed by atoms with Crippen molar-refractivity contribution in [1.82, 2.24) is 10.2 Å². The van der Waals surface area contributed by atoms with Gasteiger partial charge in [0.05, 0.1) is 13.2 Å². The first-order chi connectivity index (χ1) is 10.8. The first-order valence-corrected chi connectivity index (χ1v) is 8.07. The van der Waals surface area contributed by atoms with Crippen molar-refractivity contribution >= 4 is 6.03 Å². The molecule has 1 N–H and O–H groups in total. The Hall–Kier alpha value is -1.75. The number of methoxy groups -OCH3 is 1. The normalized spacial score (nSPS) is 22.6. The monoisotopic (exact) mass is 304 g/mol. The zero-order chi connectivity index (χ0) is 15.4. The minimum Gasteiger partial charge on any atom is -0.497 e. The van der Waals surface area contributed by atoms with E-state index in [9.17, 15) is 4.79 Å². The van der Waals surface area contributed by atoms with Gasteiger partial charge in [-0.05, 0) is 43.4 Å². The summed E-state index contributed by atoms with van der Waals surface area (Å²) in [7, 11) is 1.67. The molecular formula is C17H24N2O3. The molecule has 5 nitrogen and oxygen atoms in total. The molecule has 22 heavy (non-hydrogen) atoms. The van der Waals surface area contributed by atoms with Crippen molar-refractivity contribution in [1.29, 1.82) is 0 Å². The van der Waals surface area contributed by atoms with E-state index in [-0.39, 0.29) is 18.1 Å². The minimum atomic E-state index is 0.0530. The predicted molar refractivity (Wildman–Crippen MR) is 84.0 cm³/mol. The largest absolute Gasteiger partial charge is 0.497 e. The lowest BCUT2D eigenvalue weighted by atomic mass is 10.0. The highest BCUT2D eigenvalue weighted by Gasteiger charge is 2.31. The van der Waals surface area contributed by atoms with Crippen LogP contribution in [0.15, 0.2) is 24.3 Å². The molecule has 1 unspecified atom stereocenters. The summed E-state index contributed by atoms with van der Waals surface area (Å²) in [5.41, 5.74) is 1.15. The van der Waals surface area contributed by atoms with Gasteiger partial charge in [-0.25, -0.2) is 4.79 Å². The Kier molecular flexibility index (Phi) is 4.83. The fourth-order valence-corrected chi connectivity index (χ4v) is 3.30. The van der Waals surface area contributed by atoms with Crippen molar-refractivity contribution < 1.29 is 14.3 Å². The molecule has 1 atom stereocenters. The first-order valence-electron chi connectivity index (χ1n) is 8.07. The average molecular weight is 304 g/mol. The summed E-state index contributed by atoms with van der Waals surface area (Å²) in [5.74, 6) is 0.842. The van der Waals surface area contributed by atoms with Gasteiger partial charge in [-0.3, -0.25) is 0 Å². The summed E-state index contributed by atoms with van der Waals surface area (Å²) in [4.78, 5) is 14.6. The van der Waals surface area contributed by atoms with Crippen molar-refractivity contribution in [3.8, 4) is 5.75 Å². The fourth-order valence-electron chi connectivity index (χ4n) is 3.30. The molecule has 0 aliphatic carbocycles. The number of carbonyl (C=O) groups excluding carboxylic acids is 1. The second-order valence-electron chi connectivity index (χ2n) is 5.96. The van der Waals surface area contributed by atoms with Gasteiger partial charge in [0.15, 0.2) is 0 Å². The Labute approximate surface area is 131 Å². The van der Waals surface area contributed by atoms with Gasteiger partial charge in [0.2, 0.25) is 0 Å². The lowest BCUT2D eigenvalue weighted by Crippen LogP contribution is -2.46. The van der Waals surface area contributed by atoms with Gasteiger partial charge in [-0.15, -0.1) is 0 Å². The van der Waals surface area contributed by atoms with Crippen molar-refractivity contribution in [2.75, 3.05) is 26.9 Å².